The molecule has 9 heteroatoms. The second-order valence-electron chi connectivity index (χ2n) is 4.48. The Morgan fingerprint density at radius 3 is 2.50 bits per heavy atom. The fourth-order valence-corrected chi connectivity index (χ4v) is 1.82. The van der Waals surface area contributed by atoms with Crippen molar-refractivity contribution in [1.29, 1.82) is 0 Å². The van der Waals surface area contributed by atoms with E-state index in [2.05, 4.69) is 15.3 Å². The highest BCUT2D eigenvalue weighted by atomic mass is 16.5. The highest BCUT2D eigenvalue weighted by molar-refractivity contribution is 5.96. The second-order valence-corrected chi connectivity index (χ2v) is 4.48. The van der Waals surface area contributed by atoms with Gasteiger partial charge in [-0.1, -0.05) is 0 Å². The highest BCUT2D eigenvalue weighted by Crippen LogP contribution is 2.29. The Morgan fingerprint density at radius 2 is 1.83 bits per heavy atom. The monoisotopic (exact) mass is 332 g/mol. The zero-order valence-corrected chi connectivity index (χ0v) is 13.1. The van der Waals surface area contributed by atoms with Gasteiger partial charge in [-0.2, -0.15) is 0 Å². The van der Waals surface area contributed by atoms with Crippen LogP contribution in [0, 0.1) is 0 Å². The lowest BCUT2D eigenvalue weighted by molar-refractivity contribution is -0.119. The molecule has 0 atom stereocenters. The zero-order valence-electron chi connectivity index (χ0n) is 13.1. The Kier molecular flexibility index (Phi) is 5.50. The van der Waals surface area contributed by atoms with Crippen LogP contribution in [0.3, 0.4) is 0 Å². The number of hydrogen-bond acceptors (Lipinski definition) is 8. The summed E-state index contributed by atoms with van der Waals surface area (Å²) in [6.07, 6.45) is 2.65. The standard InChI is InChI=1S/C15H16N4O5/c1-22-10-4-3-9(7-11(10)23-2)19-12(20)8-24-15(21)13-14(16)18-6-5-17-13/h3-7H,8H2,1-2H3,(H2,16,18)(H,19,20). The topological polar surface area (TPSA) is 126 Å². The molecule has 2 rings (SSSR count). The first-order valence-corrected chi connectivity index (χ1v) is 6.80. The first kappa shape index (κ1) is 17.0. The molecule has 0 saturated carbocycles. The maximum atomic E-state index is 11.9. The second kappa shape index (κ2) is 7.77. The number of carbonyl (C=O) groups is 2. The van der Waals surface area contributed by atoms with Crippen LogP contribution in [0.2, 0.25) is 0 Å². The number of nitrogens with two attached hydrogens (primary N) is 1. The smallest absolute Gasteiger partial charge is 0.361 e. The molecular formula is C15H16N4O5. The first-order valence-electron chi connectivity index (χ1n) is 6.80. The molecule has 0 unspecified atom stereocenters. The van der Waals surface area contributed by atoms with Gasteiger partial charge in [-0.05, 0) is 12.1 Å². The number of ether oxygens (including phenoxy) is 3. The lowest BCUT2D eigenvalue weighted by Gasteiger charge is -2.10. The Bertz CT molecular complexity index is 750. The van der Waals surface area contributed by atoms with Gasteiger partial charge in [0.15, 0.2) is 29.6 Å². The van der Waals surface area contributed by atoms with Gasteiger partial charge in [0.05, 0.1) is 14.2 Å². The molecular weight excluding hydrogens is 316 g/mol. The number of aromatic nitrogens is 2. The van der Waals surface area contributed by atoms with E-state index in [-0.39, 0.29) is 11.5 Å². The molecule has 0 spiro atoms. The number of benzene rings is 1. The van der Waals surface area contributed by atoms with Gasteiger partial charge in [0.25, 0.3) is 5.91 Å². The van der Waals surface area contributed by atoms with Gasteiger partial charge in [0.2, 0.25) is 0 Å². The SMILES string of the molecule is COc1ccc(NC(=O)COC(=O)c2nccnc2N)cc1OC. The minimum absolute atomic E-state index is 0.0669. The number of anilines is 2. The molecule has 24 heavy (non-hydrogen) atoms. The lowest BCUT2D eigenvalue weighted by atomic mass is 10.2. The van der Waals surface area contributed by atoms with E-state index in [0.717, 1.165) is 0 Å². The molecule has 0 aliphatic carbocycles. The number of nitrogens with one attached hydrogen (secondary N) is 1. The van der Waals surface area contributed by atoms with Crippen LogP contribution in [0.5, 0.6) is 11.5 Å². The van der Waals surface area contributed by atoms with Gasteiger partial charge < -0.3 is 25.3 Å². The third kappa shape index (κ3) is 4.09. The third-order valence-electron chi connectivity index (χ3n) is 2.92. The van der Waals surface area contributed by atoms with E-state index < -0.39 is 18.5 Å². The Balaban J connectivity index is 1.94. The van der Waals surface area contributed by atoms with Crippen LogP contribution in [-0.4, -0.2) is 42.7 Å². The summed E-state index contributed by atoms with van der Waals surface area (Å²) in [4.78, 5) is 31.1. The maximum absolute atomic E-state index is 11.9. The van der Waals surface area contributed by atoms with Crippen molar-refractivity contribution in [3.05, 3.63) is 36.3 Å². The summed E-state index contributed by atoms with van der Waals surface area (Å²) in [5, 5.41) is 2.57. The van der Waals surface area contributed by atoms with Crippen molar-refractivity contribution in [2.24, 2.45) is 0 Å². The summed E-state index contributed by atoms with van der Waals surface area (Å²) >= 11 is 0. The molecule has 1 aromatic carbocycles. The largest absolute Gasteiger partial charge is 0.493 e. The third-order valence-corrected chi connectivity index (χ3v) is 2.92. The minimum atomic E-state index is -0.830. The molecule has 1 aromatic heterocycles. The fourth-order valence-electron chi connectivity index (χ4n) is 1.82. The molecule has 126 valence electrons. The van der Waals surface area contributed by atoms with E-state index >= 15 is 0 Å². The van der Waals surface area contributed by atoms with Crippen molar-refractivity contribution in [2.45, 2.75) is 0 Å². The van der Waals surface area contributed by atoms with Gasteiger partial charge in [-0.3, -0.25) is 4.79 Å². The van der Waals surface area contributed by atoms with E-state index in [1.165, 1.54) is 26.6 Å². The Labute approximate surface area is 137 Å². The van der Waals surface area contributed by atoms with Crippen molar-refractivity contribution >= 4 is 23.4 Å². The van der Waals surface area contributed by atoms with Crippen LogP contribution in [0.1, 0.15) is 10.5 Å². The van der Waals surface area contributed by atoms with Crippen molar-refractivity contribution in [3.63, 3.8) is 0 Å². The molecule has 0 radical (unpaired) electrons. The van der Waals surface area contributed by atoms with Crippen LogP contribution in [-0.2, 0) is 9.53 Å². The molecule has 1 amide bonds. The number of nitrogens with zero attached hydrogens (tertiary/aromatic N) is 2. The average Bonchev–Trinajstić information content (AvgIpc) is 2.60. The van der Waals surface area contributed by atoms with Gasteiger partial charge in [0.1, 0.15) is 0 Å². The molecule has 0 aliphatic rings. The van der Waals surface area contributed by atoms with Crippen LogP contribution in [0.15, 0.2) is 30.6 Å². The normalized spacial score (nSPS) is 9.92. The van der Waals surface area contributed by atoms with Gasteiger partial charge in [0, 0.05) is 24.1 Å². The van der Waals surface area contributed by atoms with E-state index in [0.29, 0.717) is 17.2 Å². The minimum Gasteiger partial charge on any atom is -0.493 e. The summed E-state index contributed by atoms with van der Waals surface area (Å²) in [7, 11) is 2.99. The van der Waals surface area contributed by atoms with Gasteiger partial charge >= 0.3 is 5.97 Å². The number of amides is 1. The van der Waals surface area contributed by atoms with Crippen molar-refractivity contribution in [2.75, 3.05) is 31.9 Å². The molecule has 0 saturated heterocycles. The lowest BCUT2D eigenvalue weighted by Crippen LogP contribution is -2.22. The summed E-state index contributed by atoms with van der Waals surface area (Å²) < 4.78 is 15.1. The summed E-state index contributed by atoms with van der Waals surface area (Å²) in [5.41, 5.74) is 5.83. The molecule has 0 fully saturated rings. The van der Waals surface area contributed by atoms with Crippen molar-refractivity contribution < 1.29 is 23.8 Å². The van der Waals surface area contributed by atoms with Crippen LogP contribution in [0.25, 0.3) is 0 Å². The predicted molar refractivity (Wildman–Crippen MR) is 84.9 cm³/mol. The number of carbonyl (C=O) groups excluding carboxylic acids is 2. The van der Waals surface area contributed by atoms with Crippen LogP contribution >= 0.6 is 0 Å². The van der Waals surface area contributed by atoms with E-state index in [1.807, 2.05) is 0 Å². The van der Waals surface area contributed by atoms with Crippen molar-refractivity contribution in [3.8, 4) is 11.5 Å². The molecule has 2 aromatic rings. The molecule has 0 aliphatic heterocycles. The molecule has 1 heterocycles. The molecule has 3 N–H and O–H groups in total. The summed E-state index contributed by atoms with van der Waals surface area (Å²) in [6.45, 7) is -0.497. The van der Waals surface area contributed by atoms with E-state index in [9.17, 15) is 9.59 Å². The number of esters is 1. The van der Waals surface area contributed by atoms with E-state index in [1.54, 1.807) is 18.2 Å². The Morgan fingerprint density at radius 1 is 1.12 bits per heavy atom. The maximum Gasteiger partial charge on any atom is 0.361 e. The number of methoxy groups -OCH3 is 2. The fraction of sp³-hybridized carbons (Fsp3) is 0.200. The average molecular weight is 332 g/mol. The first-order chi connectivity index (χ1) is 11.5. The highest BCUT2D eigenvalue weighted by Gasteiger charge is 2.15. The van der Waals surface area contributed by atoms with Crippen LogP contribution in [0.4, 0.5) is 11.5 Å². The Hall–Kier alpha value is -3.36. The molecule has 0 bridgehead atoms. The predicted octanol–water partition coefficient (Wildman–Crippen LogP) is 0.871. The van der Waals surface area contributed by atoms with Gasteiger partial charge in [-0.15, -0.1) is 0 Å². The van der Waals surface area contributed by atoms with E-state index in [4.69, 9.17) is 19.9 Å². The summed E-state index contributed by atoms with van der Waals surface area (Å²) in [5.74, 6) is -0.441. The zero-order chi connectivity index (χ0) is 17.5. The number of nitrogen functional groups attached to an aromatic ring is 1. The number of rotatable bonds is 6. The van der Waals surface area contributed by atoms with Crippen LogP contribution < -0.4 is 20.5 Å². The molecule has 9 nitrogen and oxygen atoms in total. The quantitative estimate of drug-likeness (QED) is 0.746. The van der Waals surface area contributed by atoms with Crippen molar-refractivity contribution in [1.82, 2.24) is 9.97 Å². The summed E-state index contributed by atoms with van der Waals surface area (Å²) in [6, 6.07) is 4.85. The number of hydrogen-bond donors (Lipinski definition) is 2. The van der Waals surface area contributed by atoms with Gasteiger partial charge in [-0.25, -0.2) is 14.8 Å².